The molecular formula is C17H12Cl2N2OS2. The molecule has 24 heavy (non-hydrogen) atoms. The number of nitrogens with one attached hydrogen (secondary N) is 1. The van der Waals surface area contributed by atoms with Gasteiger partial charge in [0.25, 0.3) is 5.91 Å². The van der Waals surface area contributed by atoms with Gasteiger partial charge in [-0.1, -0.05) is 35.3 Å². The first-order valence-electron chi connectivity index (χ1n) is 6.94. The summed E-state index contributed by atoms with van der Waals surface area (Å²) in [5, 5.41) is 6.34. The highest BCUT2D eigenvalue weighted by atomic mass is 35.5. The summed E-state index contributed by atoms with van der Waals surface area (Å²) in [6, 6.07) is 12.7. The molecule has 0 atom stereocenters. The van der Waals surface area contributed by atoms with E-state index < -0.39 is 0 Å². The summed E-state index contributed by atoms with van der Waals surface area (Å²) in [4.78, 5) is 17.8. The average molecular weight is 395 g/mol. The molecule has 1 N–H and O–H groups in total. The number of benzene rings is 2. The lowest BCUT2D eigenvalue weighted by Crippen LogP contribution is -2.12. The van der Waals surface area contributed by atoms with Gasteiger partial charge in [-0.25, -0.2) is 4.98 Å². The van der Waals surface area contributed by atoms with Crippen LogP contribution in [-0.4, -0.2) is 17.1 Å². The molecule has 1 heterocycles. The number of anilines is 1. The summed E-state index contributed by atoms with van der Waals surface area (Å²) < 4.78 is 0. The minimum atomic E-state index is -0.182. The summed E-state index contributed by atoms with van der Waals surface area (Å²) in [5.41, 5.74) is 2.05. The van der Waals surface area contributed by atoms with Gasteiger partial charge < -0.3 is 0 Å². The molecule has 0 spiro atoms. The number of carbonyl (C=O) groups is 1. The van der Waals surface area contributed by atoms with Crippen LogP contribution in [0.5, 0.6) is 0 Å². The average Bonchev–Trinajstić information content (AvgIpc) is 3.05. The van der Waals surface area contributed by atoms with Gasteiger partial charge >= 0.3 is 0 Å². The third-order valence-corrected chi connectivity index (χ3v) is 5.40. The van der Waals surface area contributed by atoms with Gasteiger partial charge in [0.15, 0.2) is 5.13 Å². The molecule has 0 aliphatic carbocycles. The van der Waals surface area contributed by atoms with Crippen LogP contribution in [0.1, 0.15) is 10.4 Å². The van der Waals surface area contributed by atoms with E-state index in [1.807, 2.05) is 29.8 Å². The van der Waals surface area contributed by atoms with Gasteiger partial charge in [-0.15, -0.1) is 23.1 Å². The number of hydrogen-bond donors (Lipinski definition) is 1. The standard InChI is InChI=1S/C17H12Cl2N2OS2/c1-23-15-5-3-2-4-11(15)16(22)21-17-20-14(9-24-17)12-8-10(18)6-7-13(12)19/h2-9H,1H3,(H,20,21,22). The van der Waals surface area contributed by atoms with Crippen LogP contribution in [0.3, 0.4) is 0 Å². The van der Waals surface area contributed by atoms with Gasteiger partial charge in [0.2, 0.25) is 0 Å². The minimum absolute atomic E-state index is 0.182. The number of carbonyl (C=O) groups excluding carboxylic acids is 1. The van der Waals surface area contributed by atoms with Crippen molar-refractivity contribution in [2.24, 2.45) is 0 Å². The largest absolute Gasteiger partial charge is 0.298 e. The molecule has 0 aliphatic rings. The second kappa shape index (κ2) is 7.57. The number of amides is 1. The first-order chi connectivity index (χ1) is 11.6. The van der Waals surface area contributed by atoms with Gasteiger partial charge in [-0.2, -0.15) is 0 Å². The first-order valence-corrected chi connectivity index (χ1v) is 9.80. The highest BCUT2D eigenvalue weighted by Gasteiger charge is 2.14. The lowest BCUT2D eigenvalue weighted by atomic mass is 10.2. The van der Waals surface area contributed by atoms with Crippen molar-refractivity contribution >= 4 is 57.3 Å². The maximum atomic E-state index is 12.5. The van der Waals surface area contributed by atoms with Crippen LogP contribution in [0.15, 0.2) is 52.7 Å². The molecule has 0 radical (unpaired) electrons. The molecule has 0 bridgehead atoms. The molecule has 2 aromatic carbocycles. The zero-order chi connectivity index (χ0) is 17.1. The molecule has 0 fully saturated rings. The van der Waals surface area contributed by atoms with E-state index in [-0.39, 0.29) is 5.91 Å². The van der Waals surface area contributed by atoms with E-state index in [2.05, 4.69) is 10.3 Å². The summed E-state index contributed by atoms with van der Waals surface area (Å²) in [6.45, 7) is 0. The Morgan fingerprint density at radius 2 is 2.00 bits per heavy atom. The zero-order valence-corrected chi connectivity index (χ0v) is 15.7. The van der Waals surface area contributed by atoms with Crippen molar-refractivity contribution < 1.29 is 4.79 Å². The summed E-state index contributed by atoms with van der Waals surface area (Å²) in [6.07, 6.45) is 1.94. The van der Waals surface area contributed by atoms with Crippen molar-refractivity contribution in [3.05, 3.63) is 63.5 Å². The van der Waals surface area contributed by atoms with Crippen molar-refractivity contribution in [1.82, 2.24) is 4.98 Å². The van der Waals surface area contributed by atoms with E-state index in [1.54, 1.807) is 24.3 Å². The predicted octanol–water partition coefficient (Wildman–Crippen LogP) is 6.09. The van der Waals surface area contributed by atoms with Crippen LogP contribution in [-0.2, 0) is 0 Å². The van der Waals surface area contributed by atoms with Crippen LogP contribution in [0.2, 0.25) is 10.0 Å². The van der Waals surface area contributed by atoms with Crippen molar-refractivity contribution in [2.75, 3.05) is 11.6 Å². The monoisotopic (exact) mass is 394 g/mol. The van der Waals surface area contributed by atoms with Crippen molar-refractivity contribution in [3.63, 3.8) is 0 Å². The molecule has 0 saturated carbocycles. The molecule has 7 heteroatoms. The molecule has 3 aromatic rings. The second-order valence-corrected chi connectivity index (χ2v) is 7.37. The van der Waals surface area contributed by atoms with Crippen molar-refractivity contribution in [1.29, 1.82) is 0 Å². The van der Waals surface area contributed by atoms with E-state index >= 15 is 0 Å². The molecule has 1 aromatic heterocycles. The molecule has 0 aliphatic heterocycles. The molecule has 1 amide bonds. The minimum Gasteiger partial charge on any atom is -0.298 e. The Hall–Kier alpha value is -1.53. The van der Waals surface area contributed by atoms with E-state index in [0.717, 1.165) is 10.5 Å². The van der Waals surface area contributed by atoms with E-state index in [4.69, 9.17) is 23.2 Å². The Morgan fingerprint density at radius 3 is 2.79 bits per heavy atom. The number of nitrogens with zero attached hydrogens (tertiary/aromatic N) is 1. The normalized spacial score (nSPS) is 10.6. The van der Waals surface area contributed by atoms with Crippen LogP contribution in [0.25, 0.3) is 11.3 Å². The van der Waals surface area contributed by atoms with Crippen molar-refractivity contribution in [3.8, 4) is 11.3 Å². The summed E-state index contributed by atoms with van der Waals surface area (Å²) in [7, 11) is 0. The fraction of sp³-hybridized carbons (Fsp3) is 0.0588. The zero-order valence-electron chi connectivity index (χ0n) is 12.5. The number of hydrogen-bond acceptors (Lipinski definition) is 4. The van der Waals surface area contributed by atoms with Crippen LogP contribution in [0, 0.1) is 0 Å². The molecule has 0 unspecified atom stereocenters. The van der Waals surface area contributed by atoms with Gasteiger partial charge in [-0.05, 0) is 36.6 Å². The Labute approximate surface area is 158 Å². The maximum Gasteiger partial charge on any atom is 0.258 e. The van der Waals surface area contributed by atoms with Crippen LogP contribution < -0.4 is 5.32 Å². The van der Waals surface area contributed by atoms with Crippen LogP contribution >= 0.6 is 46.3 Å². The topological polar surface area (TPSA) is 42.0 Å². The number of thiazole rings is 1. The maximum absolute atomic E-state index is 12.5. The Kier molecular flexibility index (Phi) is 5.46. The molecule has 3 nitrogen and oxygen atoms in total. The van der Waals surface area contributed by atoms with Crippen molar-refractivity contribution in [2.45, 2.75) is 4.90 Å². The fourth-order valence-electron chi connectivity index (χ4n) is 2.15. The molecule has 3 rings (SSSR count). The van der Waals surface area contributed by atoms with Gasteiger partial charge in [0.1, 0.15) is 0 Å². The number of aromatic nitrogens is 1. The smallest absolute Gasteiger partial charge is 0.258 e. The molecule has 122 valence electrons. The van der Waals surface area contributed by atoms with E-state index in [9.17, 15) is 4.79 Å². The predicted molar refractivity (Wildman–Crippen MR) is 104 cm³/mol. The van der Waals surface area contributed by atoms with Gasteiger partial charge in [0, 0.05) is 20.9 Å². The summed E-state index contributed by atoms with van der Waals surface area (Å²) in [5.74, 6) is -0.182. The van der Waals surface area contributed by atoms with Gasteiger partial charge in [-0.3, -0.25) is 10.1 Å². The second-order valence-electron chi connectivity index (χ2n) is 4.82. The summed E-state index contributed by atoms with van der Waals surface area (Å²) >= 11 is 15.1. The molecule has 0 saturated heterocycles. The first kappa shape index (κ1) is 17.3. The SMILES string of the molecule is CSc1ccccc1C(=O)Nc1nc(-c2cc(Cl)ccc2Cl)cs1. The third-order valence-electron chi connectivity index (χ3n) is 3.28. The van der Waals surface area contributed by atoms with E-state index in [0.29, 0.717) is 26.4 Å². The third kappa shape index (κ3) is 3.75. The van der Waals surface area contributed by atoms with E-state index in [1.165, 1.54) is 23.1 Å². The number of halogens is 2. The highest BCUT2D eigenvalue weighted by Crippen LogP contribution is 2.33. The quantitative estimate of drug-likeness (QED) is 0.544. The Bertz CT molecular complexity index is 896. The Balaban J connectivity index is 1.84. The van der Waals surface area contributed by atoms with Crippen LogP contribution in [0.4, 0.5) is 5.13 Å². The Morgan fingerprint density at radius 1 is 1.21 bits per heavy atom. The van der Waals surface area contributed by atoms with Gasteiger partial charge in [0.05, 0.1) is 16.3 Å². The lowest BCUT2D eigenvalue weighted by molar-refractivity contribution is 0.102. The lowest BCUT2D eigenvalue weighted by Gasteiger charge is -2.06. The highest BCUT2D eigenvalue weighted by molar-refractivity contribution is 7.98. The fourth-order valence-corrected chi connectivity index (χ4v) is 3.83. The number of rotatable bonds is 4. The molecular weight excluding hydrogens is 383 g/mol. The number of thioether (sulfide) groups is 1.